The van der Waals surface area contributed by atoms with Gasteiger partial charge in [-0.3, -0.25) is 0 Å². The standard InChI is InChI=1S/C11H11FO2/c1-14-11-7-9(4-2-3-5-13)6-10(12)8-11/h2,4-8H,3H2,1H3. The Morgan fingerprint density at radius 3 is 2.86 bits per heavy atom. The van der Waals surface area contributed by atoms with Crippen LogP contribution in [0.1, 0.15) is 12.0 Å². The van der Waals surface area contributed by atoms with Crippen molar-refractivity contribution in [1.82, 2.24) is 0 Å². The summed E-state index contributed by atoms with van der Waals surface area (Å²) in [6, 6.07) is 4.38. The lowest BCUT2D eigenvalue weighted by Gasteiger charge is -2.01. The van der Waals surface area contributed by atoms with Crippen molar-refractivity contribution >= 4 is 12.4 Å². The molecule has 0 fully saturated rings. The monoisotopic (exact) mass is 194 g/mol. The molecular formula is C11H11FO2. The minimum absolute atomic E-state index is 0.332. The lowest BCUT2D eigenvalue weighted by atomic mass is 10.2. The van der Waals surface area contributed by atoms with Crippen molar-refractivity contribution in [2.24, 2.45) is 0 Å². The van der Waals surface area contributed by atoms with Crippen LogP contribution in [0.25, 0.3) is 6.08 Å². The number of benzene rings is 1. The van der Waals surface area contributed by atoms with Crippen LogP contribution in [0.4, 0.5) is 4.39 Å². The van der Waals surface area contributed by atoms with Gasteiger partial charge in [0, 0.05) is 12.5 Å². The summed E-state index contributed by atoms with van der Waals surface area (Å²) in [4.78, 5) is 10.0. The first-order chi connectivity index (χ1) is 6.76. The smallest absolute Gasteiger partial charge is 0.127 e. The van der Waals surface area contributed by atoms with E-state index in [1.54, 1.807) is 18.2 Å². The fourth-order valence-electron chi connectivity index (χ4n) is 1.06. The lowest BCUT2D eigenvalue weighted by molar-refractivity contribution is -0.107. The third kappa shape index (κ3) is 3.01. The van der Waals surface area contributed by atoms with Crippen molar-refractivity contribution in [2.75, 3.05) is 7.11 Å². The highest BCUT2D eigenvalue weighted by Gasteiger charge is 1.97. The van der Waals surface area contributed by atoms with Gasteiger partial charge in [0.05, 0.1) is 7.11 Å². The summed E-state index contributed by atoms with van der Waals surface area (Å²) in [6.45, 7) is 0. The van der Waals surface area contributed by atoms with E-state index in [0.717, 1.165) is 6.29 Å². The minimum Gasteiger partial charge on any atom is -0.497 e. The third-order valence-electron chi connectivity index (χ3n) is 1.67. The van der Waals surface area contributed by atoms with Gasteiger partial charge in [0.2, 0.25) is 0 Å². The number of hydrogen-bond acceptors (Lipinski definition) is 2. The van der Waals surface area contributed by atoms with Crippen LogP contribution in [0.3, 0.4) is 0 Å². The molecule has 0 amide bonds. The summed E-state index contributed by atoms with van der Waals surface area (Å²) in [5, 5.41) is 0. The zero-order valence-electron chi connectivity index (χ0n) is 7.87. The normalized spacial score (nSPS) is 10.4. The van der Waals surface area contributed by atoms with Gasteiger partial charge < -0.3 is 9.53 Å². The van der Waals surface area contributed by atoms with Crippen LogP contribution in [-0.4, -0.2) is 13.4 Å². The van der Waals surface area contributed by atoms with E-state index >= 15 is 0 Å². The van der Waals surface area contributed by atoms with Crippen LogP contribution in [0.15, 0.2) is 24.3 Å². The van der Waals surface area contributed by atoms with Crippen LogP contribution in [0.2, 0.25) is 0 Å². The fourth-order valence-corrected chi connectivity index (χ4v) is 1.06. The predicted octanol–water partition coefficient (Wildman–Crippen LogP) is 2.44. The number of allylic oxidation sites excluding steroid dienone is 1. The van der Waals surface area contributed by atoms with Gasteiger partial charge in [0.15, 0.2) is 0 Å². The van der Waals surface area contributed by atoms with Crippen LogP contribution in [0.5, 0.6) is 5.75 Å². The Morgan fingerprint density at radius 1 is 1.43 bits per heavy atom. The Hall–Kier alpha value is -1.64. The average Bonchev–Trinajstić information content (AvgIpc) is 2.17. The van der Waals surface area contributed by atoms with Gasteiger partial charge in [-0.15, -0.1) is 0 Å². The molecule has 0 N–H and O–H groups in total. The summed E-state index contributed by atoms with van der Waals surface area (Å²) in [7, 11) is 1.48. The molecule has 0 bridgehead atoms. The molecule has 0 aliphatic carbocycles. The van der Waals surface area contributed by atoms with E-state index < -0.39 is 0 Å². The molecule has 0 aliphatic heterocycles. The maximum atomic E-state index is 12.9. The minimum atomic E-state index is -0.352. The van der Waals surface area contributed by atoms with Gasteiger partial charge in [-0.1, -0.05) is 12.2 Å². The van der Waals surface area contributed by atoms with Crippen molar-refractivity contribution in [3.63, 3.8) is 0 Å². The van der Waals surface area contributed by atoms with Gasteiger partial charge in [0.1, 0.15) is 17.9 Å². The van der Waals surface area contributed by atoms with Crippen LogP contribution in [-0.2, 0) is 4.79 Å². The SMILES string of the molecule is COc1cc(F)cc(C=CCC=O)c1. The summed E-state index contributed by atoms with van der Waals surface area (Å²) in [5.74, 6) is 0.117. The Labute approximate surface area is 82.0 Å². The maximum Gasteiger partial charge on any atom is 0.127 e. The van der Waals surface area contributed by atoms with E-state index in [4.69, 9.17) is 4.74 Å². The van der Waals surface area contributed by atoms with E-state index in [1.807, 2.05) is 0 Å². The first kappa shape index (κ1) is 10.4. The number of carbonyl (C=O) groups is 1. The third-order valence-corrected chi connectivity index (χ3v) is 1.67. The van der Waals surface area contributed by atoms with Crippen molar-refractivity contribution in [1.29, 1.82) is 0 Å². The summed E-state index contributed by atoms with van der Waals surface area (Å²) in [6.07, 6.45) is 4.47. The Balaban J connectivity index is 2.86. The molecule has 1 aromatic rings. The fraction of sp³-hybridized carbons (Fsp3) is 0.182. The van der Waals surface area contributed by atoms with E-state index in [2.05, 4.69) is 0 Å². The Morgan fingerprint density at radius 2 is 2.21 bits per heavy atom. The zero-order chi connectivity index (χ0) is 10.4. The van der Waals surface area contributed by atoms with Gasteiger partial charge >= 0.3 is 0 Å². The molecule has 14 heavy (non-hydrogen) atoms. The number of carbonyl (C=O) groups excluding carboxylic acids is 1. The molecule has 74 valence electrons. The number of aldehydes is 1. The Bertz CT molecular complexity index is 345. The lowest BCUT2D eigenvalue weighted by Crippen LogP contribution is -1.85. The number of methoxy groups -OCH3 is 1. The highest BCUT2D eigenvalue weighted by Crippen LogP contribution is 2.16. The average molecular weight is 194 g/mol. The van der Waals surface area contributed by atoms with Crippen molar-refractivity contribution in [3.8, 4) is 5.75 Å². The molecule has 1 aromatic carbocycles. The molecule has 0 unspecified atom stereocenters. The van der Waals surface area contributed by atoms with E-state index in [9.17, 15) is 9.18 Å². The molecule has 0 aromatic heterocycles. The Kier molecular flexibility index (Phi) is 3.85. The summed E-state index contributed by atoms with van der Waals surface area (Å²) in [5.41, 5.74) is 0.684. The molecule has 0 saturated heterocycles. The van der Waals surface area contributed by atoms with Gasteiger partial charge in [-0.05, 0) is 17.7 Å². The summed E-state index contributed by atoms with van der Waals surface area (Å²) >= 11 is 0. The van der Waals surface area contributed by atoms with Gasteiger partial charge in [0.25, 0.3) is 0 Å². The molecular weight excluding hydrogens is 183 g/mol. The quantitative estimate of drug-likeness (QED) is 0.688. The second kappa shape index (κ2) is 5.17. The number of halogens is 1. The van der Waals surface area contributed by atoms with E-state index in [-0.39, 0.29) is 5.82 Å². The van der Waals surface area contributed by atoms with Gasteiger partial charge in [-0.25, -0.2) is 4.39 Å². The number of hydrogen-bond donors (Lipinski definition) is 0. The zero-order valence-corrected chi connectivity index (χ0v) is 7.87. The summed E-state index contributed by atoms with van der Waals surface area (Å²) < 4.78 is 17.8. The second-order valence-corrected chi connectivity index (χ2v) is 2.73. The van der Waals surface area contributed by atoms with E-state index in [0.29, 0.717) is 17.7 Å². The largest absolute Gasteiger partial charge is 0.497 e. The maximum absolute atomic E-state index is 12.9. The van der Waals surface area contributed by atoms with Gasteiger partial charge in [-0.2, -0.15) is 0 Å². The number of ether oxygens (including phenoxy) is 1. The predicted molar refractivity (Wildman–Crippen MR) is 52.7 cm³/mol. The van der Waals surface area contributed by atoms with Crippen LogP contribution in [0, 0.1) is 5.82 Å². The highest BCUT2D eigenvalue weighted by molar-refractivity contribution is 5.58. The first-order valence-electron chi connectivity index (χ1n) is 4.21. The second-order valence-electron chi connectivity index (χ2n) is 2.73. The molecule has 0 atom stereocenters. The van der Waals surface area contributed by atoms with Crippen LogP contribution >= 0.6 is 0 Å². The van der Waals surface area contributed by atoms with Crippen molar-refractivity contribution in [3.05, 3.63) is 35.7 Å². The van der Waals surface area contributed by atoms with Crippen LogP contribution < -0.4 is 4.74 Å². The molecule has 3 heteroatoms. The van der Waals surface area contributed by atoms with Crippen molar-refractivity contribution in [2.45, 2.75) is 6.42 Å². The molecule has 0 spiro atoms. The topological polar surface area (TPSA) is 26.3 Å². The number of rotatable bonds is 4. The molecule has 1 rings (SSSR count). The van der Waals surface area contributed by atoms with E-state index in [1.165, 1.54) is 19.2 Å². The van der Waals surface area contributed by atoms with Crippen molar-refractivity contribution < 1.29 is 13.9 Å². The molecule has 0 radical (unpaired) electrons. The first-order valence-corrected chi connectivity index (χ1v) is 4.21. The molecule has 2 nitrogen and oxygen atoms in total. The molecule has 0 aliphatic rings. The molecule has 0 heterocycles. The highest BCUT2D eigenvalue weighted by atomic mass is 19.1. The molecule has 0 saturated carbocycles.